The van der Waals surface area contributed by atoms with Gasteiger partial charge in [0.2, 0.25) is 0 Å². The number of hydrogen-bond acceptors (Lipinski definition) is 3. The summed E-state index contributed by atoms with van der Waals surface area (Å²) < 4.78 is 33.5. The van der Waals surface area contributed by atoms with Gasteiger partial charge in [0, 0.05) is 24.6 Å². The fourth-order valence-electron chi connectivity index (χ4n) is 4.64. The summed E-state index contributed by atoms with van der Waals surface area (Å²) in [4.78, 5) is 14.9. The molecule has 4 nitrogen and oxygen atoms in total. The van der Waals surface area contributed by atoms with Gasteiger partial charge in [-0.05, 0) is 62.4 Å². The van der Waals surface area contributed by atoms with Crippen LogP contribution in [-0.4, -0.2) is 28.2 Å². The topological polar surface area (TPSA) is 49.8 Å². The summed E-state index contributed by atoms with van der Waals surface area (Å²) in [7, 11) is 0. The van der Waals surface area contributed by atoms with Gasteiger partial charge in [-0.25, -0.2) is 13.6 Å². The largest absolute Gasteiger partial charge is 0.438 e. The summed E-state index contributed by atoms with van der Waals surface area (Å²) in [6.07, 6.45) is 1.21. The maximum Gasteiger partial charge on any atom is 0.411 e. The maximum atomic E-state index is 14.2. The fourth-order valence-corrected chi connectivity index (χ4v) is 4.64. The second kappa shape index (κ2) is 9.78. The van der Waals surface area contributed by atoms with Gasteiger partial charge >= 0.3 is 6.09 Å². The molecule has 0 spiro atoms. The lowest BCUT2D eigenvalue weighted by molar-refractivity contribution is -0.0767. The van der Waals surface area contributed by atoms with Crippen LogP contribution in [0.5, 0.6) is 0 Å². The zero-order valence-electron chi connectivity index (χ0n) is 20.3. The normalized spacial score (nSPS) is 19.4. The Morgan fingerprint density at radius 3 is 2.34 bits per heavy atom. The van der Waals surface area contributed by atoms with E-state index in [9.17, 15) is 18.7 Å². The summed E-state index contributed by atoms with van der Waals surface area (Å²) in [6, 6.07) is 20.2. The highest BCUT2D eigenvalue weighted by Gasteiger charge is 2.44. The van der Waals surface area contributed by atoms with E-state index in [4.69, 9.17) is 4.74 Å². The summed E-state index contributed by atoms with van der Waals surface area (Å²) >= 11 is 0. The van der Waals surface area contributed by atoms with Gasteiger partial charge in [-0.3, -0.25) is 0 Å². The number of carbonyl (C=O) groups is 1. The molecule has 0 saturated carbocycles. The summed E-state index contributed by atoms with van der Waals surface area (Å²) in [5, 5.41) is 10.3. The van der Waals surface area contributed by atoms with E-state index in [-0.39, 0.29) is 6.04 Å². The van der Waals surface area contributed by atoms with Crippen LogP contribution in [0.2, 0.25) is 0 Å². The zero-order chi connectivity index (χ0) is 25.2. The highest BCUT2D eigenvalue weighted by Crippen LogP contribution is 2.41. The lowest BCUT2D eigenvalue weighted by Crippen LogP contribution is -2.49. The lowest BCUT2D eigenvalue weighted by atomic mass is 9.82. The van der Waals surface area contributed by atoms with Crippen molar-refractivity contribution in [2.24, 2.45) is 0 Å². The highest BCUT2D eigenvalue weighted by molar-refractivity contribution is 5.70. The first-order valence-corrected chi connectivity index (χ1v) is 11.9. The van der Waals surface area contributed by atoms with Gasteiger partial charge in [-0.2, -0.15) is 0 Å². The summed E-state index contributed by atoms with van der Waals surface area (Å²) in [5.74, 6) is -1.23. The molecular weight excluding hydrogens is 448 g/mol. The van der Waals surface area contributed by atoms with Crippen LogP contribution in [0, 0.1) is 11.6 Å². The van der Waals surface area contributed by atoms with E-state index in [0.29, 0.717) is 36.9 Å². The molecule has 0 aromatic heterocycles. The van der Waals surface area contributed by atoms with Crippen molar-refractivity contribution >= 4 is 6.09 Å². The number of benzene rings is 3. The molecule has 2 atom stereocenters. The van der Waals surface area contributed by atoms with Crippen molar-refractivity contribution in [2.45, 2.75) is 57.3 Å². The maximum absolute atomic E-state index is 14.2. The monoisotopic (exact) mass is 479 g/mol. The number of halogens is 2. The van der Waals surface area contributed by atoms with E-state index in [0.717, 1.165) is 17.2 Å². The van der Waals surface area contributed by atoms with E-state index < -0.39 is 28.9 Å². The molecule has 1 unspecified atom stereocenters. The van der Waals surface area contributed by atoms with Gasteiger partial charge in [0.15, 0.2) is 0 Å². The van der Waals surface area contributed by atoms with Crippen molar-refractivity contribution < 1.29 is 23.4 Å². The molecule has 3 aromatic carbocycles. The number of ether oxygens (including phenoxy) is 1. The number of hydrogen-bond donors (Lipinski definition) is 1. The molecule has 0 bridgehead atoms. The van der Waals surface area contributed by atoms with Gasteiger partial charge in [0.05, 0.1) is 11.6 Å². The van der Waals surface area contributed by atoms with Crippen LogP contribution in [-0.2, 0) is 10.3 Å². The number of cyclic esters (lactones) is 1. The smallest absolute Gasteiger partial charge is 0.411 e. The van der Waals surface area contributed by atoms with Crippen molar-refractivity contribution in [3.63, 3.8) is 0 Å². The Morgan fingerprint density at radius 2 is 1.74 bits per heavy atom. The molecule has 0 radical (unpaired) electrons. The highest BCUT2D eigenvalue weighted by atomic mass is 19.1. The van der Waals surface area contributed by atoms with Crippen LogP contribution in [0.15, 0.2) is 72.8 Å². The summed E-state index contributed by atoms with van der Waals surface area (Å²) in [5.41, 5.74) is 1.10. The molecule has 4 rings (SSSR count). The second-order valence-electron chi connectivity index (χ2n) is 9.91. The molecule has 184 valence electrons. The quantitative estimate of drug-likeness (QED) is 0.398. The molecule has 1 heterocycles. The van der Waals surface area contributed by atoms with Gasteiger partial charge in [0.25, 0.3) is 0 Å². The zero-order valence-corrected chi connectivity index (χ0v) is 20.3. The van der Waals surface area contributed by atoms with Crippen LogP contribution >= 0.6 is 0 Å². The molecule has 0 aliphatic carbocycles. The van der Waals surface area contributed by atoms with Crippen molar-refractivity contribution in [1.29, 1.82) is 0 Å². The molecule has 1 fully saturated rings. The van der Waals surface area contributed by atoms with E-state index >= 15 is 0 Å². The minimum absolute atomic E-state index is 0.252. The molecule has 1 aliphatic heterocycles. The average molecular weight is 480 g/mol. The van der Waals surface area contributed by atoms with Crippen LogP contribution < -0.4 is 0 Å². The first-order chi connectivity index (χ1) is 16.6. The van der Waals surface area contributed by atoms with Crippen LogP contribution in [0.3, 0.4) is 0 Å². The third-order valence-corrected chi connectivity index (χ3v) is 6.82. The number of aliphatic hydroxyl groups is 1. The van der Waals surface area contributed by atoms with E-state index in [1.165, 1.54) is 12.1 Å². The number of carbonyl (C=O) groups excluding carboxylic acids is 1. The second-order valence-corrected chi connectivity index (χ2v) is 9.91. The molecule has 1 aliphatic rings. The minimum atomic E-state index is -0.871. The molecular formula is C29H31F2NO3. The molecule has 1 saturated heterocycles. The van der Waals surface area contributed by atoms with Crippen molar-refractivity contribution in [3.8, 4) is 11.1 Å². The average Bonchev–Trinajstić information content (AvgIpc) is 2.83. The molecule has 1 N–H and O–H groups in total. The Hall–Kier alpha value is -3.25. The van der Waals surface area contributed by atoms with Gasteiger partial charge in [-0.15, -0.1) is 0 Å². The van der Waals surface area contributed by atoms with Crippen LogP contribution in [0.1, 0.15) is 57.2 Å². The Morgan fingerprint density at radius 1 is 1.06 bits per heavy atom. The van der Waals surface area contributed by atoms with Gasteiger partial charge in [-0.1, -0.05) is 54.6 Å². The number of rotatable bonds is 7. The van der Waals surface area contributed by atoms with E-state index in [1.807, 2.05) is 49.4 Å². The molecule has 6 heteroatoms. The molecule has 35 heavy (non-hydrogen) atoms. The van der Waals surface area contributed by atoms with Gasteiger partial charge in [0.1, 0.15) is 17.2 Å². The van der Waals surface area contributed by atoms with Crippen molar-refractivity contribution in [1.82, 2.24) is 4.90 Å². The Balaban J connectivity index is 1.52. The van der Waals surface area contributed by atoms with Crippen molar-refractivity contribution in [3.05, 3.63) is 95.6 Å². The predicted molar refractivity (Wildman–Crippen MR) is 132 cm³/mol. The summed E-state index contributed by atoms with van der Waals surface area (Å²) in [6.45, 7) is 5.94. The SMILES string of the molecule is C[C@@H](c1ccc(-c2ccc(F)cc2F)cc1)N1CCC(CCC(C)(C)O)(c2ccccc2)OC1=O. The fraction of sp³-hybridized carbons (Fsp3) is 0.345. The van der Waals surface area contributed by atoms with Gasteiger partial charge < -0.3 is 14.7 Å². The molecule has 1 amide bonds. The predicted octanol–water partition coefficient (Wildman–Crippen LogP) is 6.98. The Kier molecular flexibility index (Phi) is 6.95. The van der Waals surface area contributed by atoms with Crippen LogP contribution in [0.25, 0.3) is 11.1 Å². The minimum Gasteiger partial charge on any atom is -0.438 e. The number of amides is 1. The standard InChI is InChI=1S/C29H31F2NO3/c1-20(21-9-11-22(12-10-21)25-14-13-24(30)19-26(25)31)32-18-17-29(35-27(32)33,16-15-28(2,3)34)23-7-5-4-6-8-23/h4-14,19-20,34H,15-18H2,1-3H3/t20-,29?/m0/s1. The first-order valence-electron chi connectivity index (χ1n) is 11.9. The third-order valence-electron chi connectivity index (χ3n) is 6.82. The van der Waals surface area contributed by atoms with Crippen LogP contribution in [0.4, 0.5) is 13.6 Å². The third kappa shape index (κ3) is 5.54. The van der Waals surface area contributed by atoms with E-state index in [2.05, 4.69) is 0 Å². The van der Waals surface area contributed by atoms with Crippen molar-refractivity contribution in [2.75, 3.05) is 6.54 Å². The lowest BCUT2D eigenvalue weighted by Gasteiger charge is -2.44. The molecule has 3 aromatic rings. The Labute approximate surface area is 205 Å². The van der Waals surface area contributed by atoms with E-state index in [1.54, 1.807) is 30.9 Å². The Bertz CT molecular complexity index is 1170. The number of nitrogens with zero attached hydrogens (tertiary/aromatic N) is 1. The first kappa shape index (κ1) is 24.9.